The minimum Gasteiger partial charge on any atom is -0.378 e. The van der Waals surface area contributed by atoms with E-state index < -0.39 is 0 Å². The molecule has 4 nitrogen and oxygen atoms in total. The fourth-order valence-corrected chi connectivity index (χ4v) is 2.34. The van der Waals surface area contributed by atoms with Gasteiger partial charge in [0.05, 0.1) is 5.60 Å². The number of anilines is 1. The number of methoxy groups -OCH3 is 1. The molecule has 0 spiro atoms. The fraction of sp³-hybridized carbons (Fsp3) is 0.750. The van der Waals surface area contributed by atoms with E-state index in [2.05, 4.69) is 9.36 Å². The zero-order chi connectivity index (χ0) is 9.31. The largest absolute Gasteiger partial charge is 0.378 e. The monoisotopic (exact) mass is 199 g/mol. The van der Waals surface area contributed by atoms with Gasteiger partial charge in [0.25, 0.3) is 0 Å². The lowest BCUT2D eigenvalue weighted by molar-refractivity contribution is -0.0708. The number of hydrogen-bond acceptors (Lipinski definition) is 5. The molecule has 1 saturated carbocycles. The standard InChI is InChI=1S/C8H13N3OS/c1-12-8(3-2-4-8)5-6-10-7(9)11-13-6/h2-5H2,1H3,(H2,9,11). The summed E-state index contributed by atoms with van der Waals surface area (Å²) in [5, 5.41) is 0.985. The molecular weight excluding hydrogens is 186 g/mol. The molecule has 1 aromatic rings. The van der Waals surface area contributed by atoms with Crippen LogP contribution in [0.4, 0.5) is 5.95 Å². The zero-order valence-electron chi connectivity index (χ0n) is 7.62. The molecule has 0 bridgehead atoms. The highest BCUT2D eigenvalue weighted by molar-refractivity contribution is 7.05. The smallest absolute Gasteiger partial charge is 0.232 e. The first-order valence-electron chi connectivity index (χ1n) is 4.37. The molecule has 2 N–H and O–H groups in total. The maximum absolute atomic E-state index is 5.49. The Labute approximate surface area is 81.3 Å². The van der Waals surface area contributed by atoms with Gasteiger partial charge in [-0.05, 0) is 30.8 Å². The van der Waals surface area contributed by atoms with Gasteiger partial charge in [-0.3, -0.25) is 0 Å². The van der Waals surface area contributed by atoms with Crippen molar-refractivity contribution in [3.8, 4) is 0 Å². The third-order valence-corrected chi connectivity index (χ3v) is 3.38. The Balaban J connectivity index is 2.04. The molecule has 0 atom stereocenters. The molecule has 1 aliphatic carbocycles. The topological polar surface area (TPSA) is 61.0 Å². The SMILES string of the molecule is COC1(Cc2nc(N)ns2)CCC1. The van der Waals surface area contributed by atoms with Crippen LogP contribution in [0.15, 0.2) is 0 Å². The van der Waals surface area contributed by atoms with Crippen molar-refractivity contribution >= 4 is 17.5 Å². The molecule has 1 aliphatic rings. The number of nitrogens with zero attached hydrogens (tertiary/aromatic N) is 2. The van der Waals surface area contributed by atoms with Crippen LogP contribution in [-0.2, 0) is 11.2 Å². The quantitative estimate of drug-likeness (QED) is 0.795. The number of aromatic nitrogens is 2. The highest BCUT2D eigenvalue weighted by Gasteiger charge is 2.37. The fourth-order valence-electron chi connectivity index (χ4n) is 1.64. The summed E-state index contributed by atoms with van der Waals surface area (Å²) < 4.78 is 9.43. The molecule has 0 amide bonds. The second kappa shape index (κ2) is 3.23. The van der Waals surface area contributed by atoms with Crippen LogP contribution in [0.1, 0.15) is 24.3 Å². The average molecular weight is 199 g/mol. The van der Waals surface area contributed by atoms with Crippen molar-refractivity contribution in [1.29, 1.82) is 0 Å². The summed E-state index contributed by atoms with van der Waals surface area (Å²) in [7, 11) is 1.77. The van der Waals surface area contributed by atoms with Crippen molar-refractivity contribution in [2.75, 3.05) is 12.8 Å². The maximum Gasteiger partial charge on any atom is 0.232 e. The molecular formula is C8H13N3OS. The van der Waals surface area contributed by atoms with Gasteiger partial charge >= 0.3 is 0 Å². The number of hydrogen-bond donors (Lipinski definition) is 1. The van der Waals surface area contributed by atoms with E-state index in [-0.39, 0.29) is 5.60 Å². The molecule has 0 saturated heterocycles. The van der Waals surface area contributed by atoms with E-state index in [1.54, 1.807) is 7.11 Å². The van der Waals surface area contributed by atoms with E-state index in [1.807, 2.05) is 0 Å². The van der Waals surface area contributed by atoms with Gasteiger partial charge < -0.3 is 10.5 Å². The lowest BCUT2D eigenvalue weighted by Crippen LogP contribution is -2.41. The summed E-state index contributed by atoms with van der Waals surface area (Å²) in [5.74, 6) is 0.380. The summed E-state index contributed by atoms with van der Waals surface area (Å²) in [6.45, 7) is 0. The van der Waals surface area contributed by atoms with E-state index in [9.17, 15) is 0 Å². The van der Waals surface area contributed by atoms with Gasteiger partial charge in [-0.1, -0.05) is 0 Å². The normalized spacial score (nSPS) is 19.8. The van der Waals surface area contributed by atoms with Gasteiger partial charge in [0, 0.05) is 13.5 Å². The van der Waals surface area contributed by atoms with Crippen molar-refractivity contribution in [1.82, 2.24) is 9.36 Å². The highest BCUT2D eigenvalue weighted by atomic mass is 32.1. The number of ether oxygens (including phenoxy) is 1. The van der Waals surface area contributed by atoms with Crippen molar-refractivity contribution in [3.05, 3.63) is 5.01 Å². The zero-order valence-corrected chi connectivity index (χ0v) is 8.43. The Bertz CT molecular complexity index is 290. The minimum absolute atomic E-state index is 0.0337. The predicted molar refractivity (Wildman–Crippen MR) is 51.6 cm³/mol. The lowest BCUT2D eigenvalue weighted by Gasteiger charge is -2.39. The second-order valence-corrected chi connectivity index (χ2v) is 4.30. The predicted octanol–water partition coefficient (Wildman–Crippen LogP) is 1.23. The van der Waals surface area contributed by atoms with Crippen LogP contribution in [0.3, 0.4) is 0 Å². The minimum atomic E-state index is 0.0337. The summed E-state index contributed by atoms with van der Waals surface area (Å²) in [4.78, 5) is 4.13. The lowest BCUT2D eigenvalue weighted by atomic mass is 9.78. The summed E-state index contributed by atoms with van der Waals surface area (Å²) in [5.41, 5.74) is 5.48. The molecule has 1 fully saturated rings. The molecule has 0 aromatic carbocycles. The van der Waals surface area contributed by atoms with Gasteiger partial charge in [0.15, 0.2) is 0 Å². The maximum atomic E-state index is 5.49. The van der Waals surface area contributed by atoms with Crippen molar-refractivity contribution < 1.29 is 4.74 Å². The first-order chi connectivity index (χ1) is 6.24. The summed E-state index contributed by atoms with van der Waals surface area (Å²) in [6.07, 6.45) is 4.37. The van der Waals surface area contributed by atoms with Crippen LogP contribution in [-0.4, -0.2) is 22.1 Å². The molecule has 0 unspecified atom stereocenters. The molecule has 0 aliphatic heterocycles. The first-order valence-corrected chi connectivity index (χ1v) is 5.15. The van der Waals surface area contributed by atoms with Crippen molar-refractivity contribution in [2.45, 2.75) is 31.3 Å². The van der Waals surface area contributed by atoms with Crippen LogP contribution in [0.25, 0.3) is 0 Å². The molecule has 2 rings (SSSR count). The molecule has 72 valence electrons. The molecule has 0 radical (unpaired) electrons. The highest BCUT2D eigenvalue weighted by Crippen LogP contribution is 2.38. The molecule has 5 heteroatoms. The van der Waals surface area contributed by atoms with E-state index in [1.165, 1.54) is 18.0 Å². The first kappa shape index (κ1) is 8.90. The van der Waals surface area contributed by atoms with Crippen molar-refractivity contribution in [3.63, 3.8) is 0 Å². The van der Waals surface area contributed by atoms with E-state index >= 15 is 0 Å². The molecule has 13 heavy (non-hydrogen) atoms. The second-order valence-electron chi connectivity index (χ2n) is 3.46. The molecule has 1 aromatic heterocycles. The van der Waals surface area contributed by atoms with Crippen LogP contribution in [0.2, 0.25) is 0 Å². The average Bonchev–Trinajstić information content (AvgIpc) is 2.44. The van der Waals surface area contributed by atoms with Gasteiger partial charge in [0.1, 0.15) is 5.01 Å². The molecule has 1 heterocycles. The van der Waals surface area contributed by atoms with Crippen LogP contribution < -0.4 is 5.73 Å². The number of nitrogens with two attached hydrogens (primary N) is 1. The Morgan fingerprint density at radius 2 is 2.38 bits per heavy atom. The van der Waals surface area contributed by atoms with E-state index in [0.717, 1.165) is 24.3 Å². The Hall–Kier alpha value is -0.680. The van der Waals surface area contributed by atoms with Gasteiger partial charge in [-0.15, -0.1) is 0 Å². The van der Waals surface area contributed by atoms with E-state index in [0.29, 0.717) is 5.95 Å². The van der Waals surface area contributed by atoms with E-state index in [4.69, 9.17) is 10.5 Å². The van der Waals surface area contributed by atoms with Gasteiger partial charge in [-0.2, -0.15) is 4.37 Å². The third kappa shape index (κ3) is 1.66. The Kier molecular flexibility index (Phi) is 2.21. The van der Waals surface area contributed by atoms with Crippen LogP contribution >= 0.6 is 11.5 Å². The van der Waals surface area contributed by atoms with Crippen molar-refractivity contribution in [2.24, 2.45) is 0 Å². The Morgan fingerprint density at radius 1 is 1.62 bits per heavy atom. The third-order valence-electron chi connectivity index (χ3n) is 2.65. The number of rotatable bonds is 3. The van der Waals surface area contributed by atoms with Crippen LogP contribution in [0.5, 0.6) is 0 Å². The Morgan fingerprint density at radius 3 is 2.77 bits per heavy atom. The van der Waals surface area contributed by atoms with Gasteiger partial charge in [0.2, 0.25) is 5.95 Å². The summed E-state index contributed by atoms with van der Waals surface area (Å²) in [6, 6.07) is 0. The summed E-state index contributed by atoms with van der Waals surface area (Å²) >= 11 is 1.37. The van der Waals surface area contributed by atoms with Gasteiger partial charge in [-0.25, -0.2) is 4.98 Å². The number of nitrogen functional groups attached to an aromatic ring is 1. The van der Waals surface area contributed by atoms with Crippen LogP contribution in [0, 0.1) is 0 Å².